The van der Waals surface area contributed by atoms with Crippen molar-refractivity contribution in [2.75, 3.05) is 0 Å². The summed E-state index contributed by atoms with van der Waals surface area (Å²) in [4.78, 5) is 3.38. The standard InChI is InChI=1S/C25H44S/c1-7-10-11-12-17-21-18-22(26-23(21)24(4,5)8-2)25(6,9-3)19-20-15-13-14-16-20/h18,20H,7-17,19H2,1-6H3. The van der Waals surface area contributed by atoms with E-state index in [9.17, 15) is 0 Å². The van der Waals surface area contributed by atoms with E-state index in [1.54, 1.807) is 15.3 Å². The van der Waals surface area contributed by atoms with Gasteiger partial charge < -0.3 is 0 Å². The van der Waals surface area contributed by atoms with E-state index >= 15 is 0 Å². The largest absolute Gasteiger partial charge is 0.144 e. The number of thiophene rings is 1. The molecule has 1 unspecified atom stereocenters. The minimum Gasteiger partial charge on any atom is -0.144 e. The fourth-order valence-corrected chi connectivity index (χ4v) is 6.27. The predicted octanol–water partition coefficient (Wildman–Crippen LogP) is 8.81. The smallest absolute Gasteiger partial charge is 0.0137 e. The zero-order chi connectivity index (χ0) is 19.2. The van der Waals surface area contributed by atoms with Crippen LogP contribution in [0.3, 0.4) is 0 Å². The minimum absolute atomic E-state index is 0.324. The Hall–Kier alpha value is -0.300. The monoisotopic (exact) mass is 376 g/mol. The van der Waals surface area contributed by atoms with Crippen LogP contribution in [-0.2, 0) is 17.3 Å². The Kier molecular flexibility index (Phi) is 8.26. The molecule has 1 aliphatic carbocycles. The van der Waals surface area contributed by atoms with E-state index in [1.807, 2.05) is 0 Å². The van der Waals surface area contributed by atoms with Gasteiger partial charge in [0.2, 0.25) is 0 Å². The zero-order valence-electron chi connectivity index (χ0n) is 18.5. The van der Waals surface area contributed by atoms with Gasteiger partial charge in [-0.3, -0.25) is 0 Å². The van der Waals surface area contributed by atoms with E-state index in [4.69, 9.17) is 0 Å². The van der Waals surface area contributed by atoms with E-state index in [1.165, 1.54) is 77.0 Å². The molecule has 0 aromatic carbocycles. The van der Waals surface area contributed by atoms with Crippen molar-refractivity contribution in [3.05, 3.63) is 21.4 Å². The number of unbranched alkanes of at least 4 members (excludes halogenated alkanes) is 3. The average molecular weight is 377 g/mol. The number of rotatable bonds is 11. The van der Waals surface area contributed by atoms with Crippen LogP contribution in [0.15, 0.2) is 6.07 Å². The molecule has 0 saturated heterocycles. The summed E-state index contributed by atoms with van der Waals surface area (Å²) in [7, 11) is 0. The van der Waals surface area contributed by atoms with Gasteiger partial charge in [0.1, 0.15) is 0 Å². The molecular weight excluding hydrogens is 332 g/mol. The third-order valence-corrected chi connectivity index (χ3v) is 9.05. The summed E-state index contributed by atoms with van der Waals surface area (Å²) in [6.07, 6.45) is 16.6. The molecule has 26 heavy (non-hydrogen) atoms. The van der Waals surface area contributed by atoms with E-state index in [0.29, 0.717) is 10.8 Å². The molecule has 1 heterocycles. The summed E-state index contributed by atoms with van der Waals surface area (Å²) in [6, 6.07) is 2.64. The minimum atomic E-state index is 0.324. The molecule has 1 aromatic heterocycles. The van der Waals surface area contributed by atoms with Gasteiger partial charge in [-0.25, -0.2) is 0 Å². The third kappa shape index (κ3) is 5.37. The van der Waals surface area contributed by atoms with Gasteiger partial charge in [-0.15, -0.1) is 11.3 Å². The molecule has 0 bridgehead atoms. The second-order valence-corrected chi connectivity index (χ2v) is 10.8. The van der Waals surface area contributed by atoms with Gasteiger partial charge in [0.15, 0.2) is 0 Å². The number of hydrogen-bond acceptors (Lipinski definition) is 1. The van der Waals surface area contributed by atoms with Crippen LogP contribution >= 0.6 is 11.3 Å². The lowest BCUT2D eigenvalue weighted by Crippen LogP contribution is -2.23. The van der Waals surface area contributed by atoms with Crippen molar-refractivity contribution in [2.24, 2.45) is 5.92 Å². The molecule has 0 aliphatic heterocycles. The maximum Gasteiger partial charge on any atom is 0.0137 e. The van der Waals surface area contributed by atoms with E-state index < -0.39 is 0 Å². The van der Waals surface area contributed by atoms with Crippen LogP contribution in [0, 0.1) is 5.92 Å². The molecule has 1 aliphatic rings. The average Bonchev–Trinajstić information content (AvgIpc) is 3.28. The van der Waals surface area contributed by atoms with Gasteiger partial charge in [0.05, 0.1) is 0 Å². The Balaban J connectivity index is 2.25. The van der Waals surface area contributed by atoms with Crippen molar-refractivity contribution < 1.29 is 0 Å². The van der Waals surface area contributed by atoms with Crippen molar-refractivity contribution in [1.29, 1.82) is 0 Å². The van der Waals surface area contributed by atoms with Crippen LogP contribution in [-0.4, -0.2) is 0 Å². The van der Waals surface area contributed by atoms with Gasteiger partial charge in [0.25, 0.3) is 0 Å². The molecule has 1 aromatic rings. The summed E-state index contributed by atoms with van der Waals surface area (Å²) in [6.45, 7) is 14.6. The molecule has 1 saturated carbocycles. The summed E-state index contributed by atoms with van der Waals surface area (Å²) in [5, 5.41) is 0. The third-order valence-electron chi connectivity index (χ3n) is 7.20. The van der Waals surface area contributed by atoms with E-state index in [2.05, 4.69) is 58.9 Å². The van der Waals surface area contributed by atoms with Gasteiger partial charge in [-0.05, 0) is 55.1 Å². The molecule has 0 N–H and O–H groups in total. The first kappa shape index (κ1) is 22.0. The molecule has 0 spiro atoms. The van der Waals surface area contributed by atoms with Crippen molar-refractivity contribution in [1.82, 2.24) is 0 Å². The molecule has 0 radical (unpaired) electrons. The summed E-state index contributed by atoms with van der Waals surface area (Å²) in [5.41, 5.74) is 2.39. The Morgan fingerprint density at radius 2 is 1.65 bits per heavy atom. The highest BCUT2D eigenvalue weighted by Crippen LogP contribution is 2.46. The second-order valence-electron chi connectivity index (χ2n) is 9.78. The number of aryl methyl sites for hydroxylation is 1. The highest BCUT2D eigenvalue weighted by Gasteiger charge is 2.34. The maximum absolute atomic E-state index is 2.64. The molecule has 1 heteroatoms. The van der Waals surface area contributed by atoms with Gasteiger partial charge in [0, 0.05) is 15.2 Å². The molecule has 1 atom stereocenters. The van der Waals surface area contributed by atoms with Gasteiger partial charge in [-0.2, -0.15) is 0 Å². The molecule has 150 valence electrons. The summed E-state index contributed by atoms with van der Waals surface area (Å²) < 4.78 is 0. The van der Waals surface area contributed by atoms with Crippen LogP contribution in [0.25, 0.3) is 0 Å². The van der Waals surface area contributed by atoms with Crippen LogP contribution < -0.4 is 0 Å². The lowest BCUT2D eigenvalue weighted by Gasteiger charge is -2.30. The fourth-order valence-electron chi connectivity index (χ4n) is 4.66. The first-order chi connectivity index (χ1) is 12.4. The first-order valence-corrected chi connectivity index (χ1v) is 12.3. The Morgan fingerprint density at radius 3 is 2.23 bits per heavy atom. The van der Waals surface area contributed by atoms with Crippen LogP contribution in [0.2, 0.25) is 0 Å². The van der Waals surface area contributed by atoms with Crippen molar-refractivity contribution in [3.63, 3.8) is 0 Å². The predicted molar refractivity (Wildman–Crippen MR) is 120 cm³/mol. The lowest BCUT2D eigenvalue weighted by atomic mass is 9.76. The van der Waals surface area contributed by atoms with E-state index in [0.717, 1.165) is 5.92 Å². The molecule has 2 rings (SSSR count). The fraction of sp³-hybridized carbons (Fsp3) is 0.840. The topological polar surface area (TPSA) is 0 Å². The van der Waals surface area contributed by atoms with E-state index in [-0.39, 0.29) is 0 Å². The van der Waals surface area contributed by atoms with Gasteiger partial charge in [-0.1, -0.05) is 86.5 Å². The van der Waals surface area contributed by atoms with Crippen LogP contribution in [0.5, 0.6) is 0 Å². The summed E-state index contributed by atoms with van der Waals surface area (Å²) in [5.74, 6) is 0.970. The van der Waals surface area contributed by atoms with Crippen molar-refractivity contribution >= 4 is 11.3 Å². The Morgan fingerprint density at radius 1 is 0.962 bits per heavy atom. The highest BCUT2D eigenvalue weighted by atomic mass is 32.1. The highest BCUT2D eigenvalue weighted by molar-refractivity contribution is 7.12. The lowest BCUT2D eigenvalue weighted by molar-refractivity contribution is 0.335. The molecular formula is C25H44S. The van der Waals surface area contributed by atoms with Crippen LogP contribution in [0.1, 0.15) is 127 Å². The van der Waals surface area contributed by atoms with Crippen molar-refractivity contribution in [3.8, 4) is 0 Å². The zero-order valence-corrected chi connectivity index (χ0v) is 19.4. The first-order valence-electron chi connectivity index (χ1n) is 11.5. The normalized spacial score (nSPS) is 18.4. The van der Waals surface area contributed by atoms with Gasteiger partial charge >= 0.3 is 0 Å². The maximum atomic E-state index is 2.64. The molecule has 0 nitrogen and oxygen atoms in total. The number of hydrogen-bond donors (Lipinski definition) is 0. The Labute approximate surface area is 168 Å². The summed E-state index contributed by atoms with van der Waals surface area (Å²) >= 11 is 2.17. The van der Waals surface area contributed by atoms with Crippen molar-refractivity contribution in [2.45, 2.75) is 129 Å². The van der Waals surface area contributed by atoms with Crippen LogP contribution in [0.4, 0.5) is 0 Å². The molecule has 0 amide bonds. The Bertz CT molecular complexity index is 532. The quantitative estimate of drug-likeness (QED) is 0.338. The molecule has 1 fully saturated rings. The second kappa shape index (κ2) is 9.76. The SMILES string of the molecule is CCCCCCc1cc(C(C)(CC)CC2CCCC2)sc1C(C)(C)CC.